The summed E-state index contributed by atoms with van der Waals surface area (Å²) in [6.07, 6.45) is 13.1. The molecule has 1 aliphatic heterocycles. The molecular weight excluding hydrogens is 262 g/mol. The lowest BCUT2D eigenvalue weighted by Crippen LogP contribution is -2.28. The quantitative estimate of drug-likeness (QED) is 0.695. The van der Waals surface area contributed by atoms with Crippen molar-refractivity contribution in [1.29, 1.82) is 0 Å². The third kappa shape index (κ3) is 3.00. The van der Waals surface area contributed by atoms with Crippen LogP contribution in [0.15, 0.2) is 34.5 Å². The lowest BCUT2D eigenvalue weighted by molar-refractivity contribution is 0.293. The van der Waals surface area contributed by atoms with Crippen LogP contribution in [-0.4, -0.2) is 18.0 Å². The predicted molar refractivity (Wildman–Crippen MR) is 73.4 cm³/mol. The molecule has 0 aromatic heterocycles. The first-order valence-electron chi connectivity index (χ1n) is 6.11. The average Bonchev–Trinajstić information content (AvgIpc) is 2.37. The van der Waals surface area contributed by atoms with Crippen LogP contribution in [0.3, 0.4) is 0 Å². The molecule has 2 aliphatic rings. The van der Waals surface area contributed by atoms with Crippen molar-refractivity contribution < 1.29 is 0 Å². The Bertz CT molecular complexity index is 344. The van der Waals surface area contributed by atoms with Crippen LogP contribution >= 0.6 is 15.9 Å². The summed E-state index contributed by atoms with van der Waals surface area (Å²) in [6, 6.07) is 0. The van der Waals surface area contributed by atoms with Gasteiger partial charge in [-0.25, -0.2) is 0 Å². The standard InChI is InChI=1S/C14H20BrN/c1-14(2)7-6-13(10-12(15)11-14)16-8-4-3-5-9-16/h6-7,10-11H,3-5,8-9H2,1-2H3. The van der Waals surface area contributed by atoms with Crippen LogP contribution in [0.2, 0.25) is 0 Å². The Labute approximate surface area is 107 Å². The highest BCUT2D eigenvalue weighted by atomic mass is 79.9. The molecule has 0 N–H and O–H groups in total. The Morgan fingerprint density at radius 1 is 1.19 bits per heavy atom. The zero-order valence-corrected chi connectivity index (χ0v) is 11.8. The number of rotatable bonds is 1. The number of likely N-dealkylation sites (tertiary alicyclic amines) is 1. The molecule has 0 saturated carbocycles. The molecule has 0 aromatic carbocycles. The van der Waals surface area contributed by atoms with Crippen LogP contribution < -0.4 is 0 Å². The van der Waals surface area contributed by atoms with Crippen LogP contribution in [0.4, 0.5) is 0 Å². The SMILES string of the molecule is CC1(C)C=CC(N2CCCCC2)=CC(Br)=C1. The molecule has 2 rings (SSSR count). The summed E-state index contributed by atoms with van der Waals surface area (Å²) in [7, 11) is 0. The third-order valence-corrected chi connectivity index (χ3v) is 3.66. The maximum atomic E-state index is 3.64. The molecule has 1 saturated heterocycles. The number of nitrogens with zero attached hydrogens (tertiary/aromatic N) is 1. The largest absolute Gasteiger partial charge is 0.372 e. The molecule has 0 aromatic rings. The second kappa shape index (κ2) is 4.79. The van der Waals surface area contributed by atoms with Crippen molar-refractivity contribution in [3.63, 3.8) is 0 Å². The highest BCUT2D eigenvalue weighted by Gasteiger charge is 2.17. The van der Waals surface area contributed by atoms with E-state index in [2.05, 4.69) is 59.0 Å². The maximum Gasteiger partial charge on any atom is 0.0374 e. The highest BCUT2D eigenvalue weighted by Crippen LogP contribution is 2.30. The van der Waals surface area contributed by atoms with E-state index in [1.165, 1.54) is 42.5 Å². The first kappa shape index (κ1) is 12.0. The number of hydrogen-bond acceptors (Lipinski definition) is 1. The summed E-state index contributed by atoms with van der Waals surface area (Å²) < 4.78 is 1.20. The summed E-state index contributed by atoms with van der Waals surface area (Å²) in [5, 5.41) is 0. The van der Waals surface area contributed by atoms with E-state index in [1.54, 1.807) is 0 Å². The Morgan fingerprint density at radius 2 is 1.88 bits per heavy atom. The Balaban J connectivity index is 2.19. The van der Waals surface area contributed by atoms with Crippen LogP contribution in [0.5, 0.6) is 0 Å². The van der Waals surface area contributed by atoms with Gasteiger partial charge in [-0.2, -0.15) is 0 Å². The fourth-order valence-corrected chi connectivity index (χ4v) is 3.11. The van der Waals surface area contributed by atoms with Gasteiger partial charge in [0.2, 0.25) is 0 Å². The van der Waals surface area contributed by atoms with Crippen LogP contribution in [-0.2, 0) is 0 Å². The van der Waals surface area contributed by atoms with E-state index in [9.17, 15) is 0 Å². The molecule has 0 atom stereocenters. The summed E-state index contributed by atoms with van der Waals surface area (Å²) in [5.74, 6) is 0. The first-order chi connectivity index (χ1) is 7.57. The van der Waals surface area contributed by atoms with Gasteiger partial charge in [-0.15, -0.1) is 0 Å². The van der Waals surface area contributed by atoms with Crippen LogP contribution in [0.1, 0.15) is 33.1 Å². The molecule has 0 spiro atoms. The number of halogens is 1. The van der Waals surface area contributed by atoms with E-state index in [-0.39, 0.29) is 5.41 Å². The van der Waals surface area contributed by atoms with Crippen molar-refractivity contribution in [2.75, 3.05) is 13.1 Å². The predicted octanol–water partition coefficient (Wildman–Crippen LogP) is 4.23. The van der Waals surface area contributed by atoms with Crippen molar-refractivity contribution in [2.24, 2.45) is 5.41 Å². The van der Waals surface area contributed by atoms with Crippen molar-refractivity contribution in [2.45, 2.75) is 33.1 Å². The van der Waals surface area contributed by atoms with Crippen LogP contribution in [0.25, 0.3) is 0 Å². The monoisotopic (exact) mass is 281 g/mol. The molecule has 16 heavy (non-hydrogen) atoms. The molecule has 0 bridgehead atoms. The fourth-order valence-electron chi connectivity index (χ4n) is 2.28. The van der Waals surface area contributed by atoms with E-state index in [0.29, 0.717) is 0 Å². The lowest BCUT2D eigenvalue weighted by atomic mass is 9.93. The minimum absolute atomic E-state index is 0.146. The molecule has 2 heteroatoms. The van der Waals surface area contributed by atoms with Crippen molar-refractivity contribution >= 4 is 15.9 Å². The summed E-state index contributed by atoms with van der Waals surface area (Å²) in [5.41, 5.74) is 1.50. The van der Waals surface area contributed by atoms with Gasteiger partial charge in [-0.1, -0.05) is 41.9 Å². The van der Waals surface area contributed by atoms with Crippen molar-refractivity contribution in [1.82, 2.24) is 4.90 Å². The minimum Gasteiger partial charge on any atom is -0.372 e. The van der Waals surface area contributed by atoms with Crippen molar-refractivity contribution in [3.05, 3.63) is 34.5 Å². The van der Waals surface area contributed by atoms with Gasteiger partial charge in [-0.3, -0.25) is 0 Å². The number of hydrogen-bond donors (Lipinski definition) is 0. The maximum absolute atomic E-state index is 3.64. The van der Waals surface area contributed by atoms with Gasteiger partial charge in [0.1, 0.15) is 0 Å². The van der Waals surface area contributed by atoms with Crippen LogP contribution in [0, 0.1) is 5.41 Å². The Hall–Kier alpha value is -0.500. The molecule has 1 aliphatic carbocycles. The Morgan fingerprint density at radius 3 is 2.56 bits per heavy atom. The smallest absolute Gasteiger partial charge is 0.0374 e. The third-order valence-electron chi connectivity index (χ3n) is 3.20. The average molecular weight is 282 g/mol. The van der Waals surface area contributed by atoms with Gasteiger partial charge in [0.15, 0.2) is 0 Å². The summed E-state index contributed by atoms with van der Waals surface area (Å²) in [4.78, 5) is 2.50. The number of piperidine rings is 1. The van der Waals surface area contributed by atoms with Gasteiger partial charge in [0.25, 0.3) is 0 Å². The second-order valence-electron chi connectivity index (χ2n) is 5.30. The molecule has 1 fully saturated rings. The minimum atomic E-state index is 0.146. The Kier molecular flexibility index (Phi) is 3.58. The molecule has 0 radical (unpaired) electrons. The van der Waals surface area contributed by atoms with E-state index < -0.39 is 0 Å². The van der Waals surface area contributed by atoms with Gasteiger partial charge in [0, 0.05) is 28.7 Å². The van der Waals surface area contributed by atoms with Gasteiger partial charge in [0.05, 0.1) is 0 Å². The first-order valence-corrected chi connectivity index (χ1v) is 6.90. The fraction of sp³-hybridized carbons (Fsp3) is 0.571. The van der Waals surface area contributed by atoms with E-state index in [0.717, 1.165) is 0 Å². The van der Waals surface area contributed by atoms with E-state index in [4.69, 9.17) is 0 Å². The van der Waals surface area contributed by atoms with Crippen molar-refractivity contribution in [3.8, 4) is 0 Å². The normalized spacial score (nSPS) is 24.8. The molecule has 88 valence electrons. The second-order valence-corrected chi connectivity index (χ2v) is 6.22. The van der Waals surface area contributed by atoms with E-state index >= 15 is 0 Å². The van der Waals surface area contributed by atoms with Gasteiger partial charge >= 0.3 is 0 Å². The molecule has 1 nitrogen and oxygen atoms in total. The highest BCUT2D eigenvalue weighted by molar-refractivity contribution is 9.11. The van der Waals surface area contributed by atoms with Gasteiger partial charge < -0.3 is 4.90 Å². The molecular formula is C14H20BrN. The van der Waals surface area contributed by atoms with Gasteiger partial charge in [-0.05, 0) is 31.4 Å². The zero-order chi connectivity index (χ0) is 11.6. The number of allylic oxidation sites excluding steroid dienone is 5. The lowest BCUT2D eigenvalue weighted by Gasteiger charge is -2.29. The molecule has 1 heterocycles. The molecule has 0 unspecified atom stereocenters. The van der Waals surface area contributed by atoms with E-state index in [1.807, 2.05) is 0 Å². The topological polar surface area (TPSA) is 3.24 Å². The summed E-state index contributed by atoms with van der Waals surface area (Å²) in [6.45, 7) is 6.88. The zero-order valence-electron chi connectivity index (χ0n) is 10.2. The molecule has 0 amide bonds. The summed E-state index contributed by atoms with van der Waals surface area (Å²) >= 11 is 3.64.